The zero-order valence-electron chi connectivity index (χ0n) is 37.6. The molecule has 0 N–H and O–H groups in total. The van der Waals surface area contributed by atoms with Gasteiger partial charge in [-0.3, -0.25) is 14.4 Å². The molecule has 352 valence electrons. The van der Waals surface area contributed by atoms with E-state index < -0.39 is 0 Å². The van der Waals surface area contributed by atoms with Gasteiger partial charge in [0, 0.05) is 48.2 Å². The van der Waals surface area contributed by atoms with Gasteiger partial charge in [-0.25, -0.2) is 0 Å². The van der Waals surface area contributed by atoms with Crippen molar-refractivity contribution in [3.8, 4) is 0 Å². The number of nitrogens with zero attached hydrogens (tertiary/aromatic N) is 4. The Hall–Kier alpha value is -2.36. The van der Waals surface area contributed by atoms with Gasteiger partial charge < -0.3 is 61.7 Å². The fourth-order valence-electron chi connectivity index (χ4n) is 4.54. The summed E-state index contributed by atoms with van der Waals surface area (Å²) in [5, 5.41) is 3.39. The number of hydrogen-bond donors (Lipinski definition) is 0. The summed E-state index contributed by atoms with van der Waals surface area (Å²) in [6.45, 7) is 21.8. The maximum Gasteiger partial charge on any atom is 0.225 e. The van der Waals surface area contributed by atoms with Crippen molar-refractivity contribution in [2.45, 2.75) is 60.8 Å². The maximum absolute atomic E-state index is 13.0. The summed E-state index contributed by atoms with van der Waals surface area (Å²) in [5.41, 5.74) is 7.52. The van der Waals surface area contributed by atoms with E-state index in [0.717, 1.165) is 0 Å². The predicted octanol–water partition coefficient (Wildman–Crippen LogP) is 3.73. The van der Waals surface area contributed by atoms with E-state index in [0.29, 0.717) is 184 Å². The summed E-state index contributed by atoms with van der Waals surface area (Å²) >= 11 is 0. The summed E-state index contributed by atoms with van der Waals surface area (Å²) < 4.78 is 66.3. The molecule has 0 saturated carbocycles. The van der Waals surface area contributed by atoms with Crippen molar-refractivity contribution in [2.75, 3.05) is 178 Å². The van der Waals surface area contributed by atoms with Gasteiger partial charge >= 0.3 is 0 Å². The van der Waals surface area contributed by atoms with E-state index in [2.05, 4.69) is 10.0 Å². The SMILES string of the molecule is CC(C)(C)C(=O)CCOCCOCCOCCOCCN(CCOCCOCCOCCOCCC(=O)C(C)(C)C)C(=O)CCOCCOCCOCCOCCN=[N+]=[N-]. The lowest BCUT2D eigenvalue weighted by Crippen LogP contribution is -2.37. The average molecular weight is 867 g/mol. The molecule has 0 aliphatic heterocycles. The summed E-state index contributed by atoms with van der Waals surface area (Å²) in [7, 11) is 0. The van der Waals surface area contributed by atoms with Crippen LogP contribution in [0.15, 0.2) is 5.11 Å². The van der Waals surface area contributed by atoms with Crippen molar-refractivity contribution in [1.29, 1.82) is 0 Å². The van der Waals surface area contributed by atoms with E-state index in [4.69, 9.17) is 62.4 Å². The number of ketones is 2. The summed E-state index contributed by atoms with van der Waals surface area (Å²) in [6, 6.07) is 0. The second-order valence-corrected chi connectivity index (χ2v) is 15.3. The van der Waals surface area contributed by atoms with E-state index in [-0.39, 0.29) is 41.3 Å². The van der Waals surface area contributed by atoms with Crippen LogP contribution >= 0.6 is 0 Å². The number of ether oxygens (including phenoxy) is 12. The van der Waals surface area contributed by atoms with Gasteiger partial charge in [0.1, 0.15) is 11.6 Å². The lowest BCUT2D eigenvalue weighted by Gasteiger charge is -2.23. The van der Waals surface area contributed by atoms with E-state index in [9.17, 15) is 14.4 Å². The average Bonchev–Trinajstić information content (AvgIpc) is 3.20. The summed E-state index contributed by atoms with van der Waals surface area (Å²) in [4.78, 5) is 41.2. The van der Waals surface area contributed by atoms with E-state index in [1.807, 2.05) is 41.5 Å². The normalized spacial score (nSPS) is 11.8. The van der Waals surface area contributed by atoms with Crippen LogP contribution in [0.4, 0.5) is 0 Å². The van der Waals surface area contributed by atoms with E-state index >= 15 is 0 Å². The van der Waals surface area contributed by atoms with Crippen LogP contribution in [-0.4, -0.2) is 201 Å². The minimum absolute atomic E-state index is 0.0745. The van der Waals surface area contributed by atoms with Crippen LogP contribution in [0.25, 0.3) is 10.4 Å². The second kappa shape index (κ2) is 40.7. The van der Waals surface area contributed by atoms with Crippen molar-refractivity contribution >= 4 is 17.5 Å². The molecule has 0 bridgehead atoms. The first kappa shape index (κ1) is 57.6. The monoisotopic (exact) mass is 867 g/mol. The first-order valence-corrected chi connectivity index (χ1v) is 21.2. The topological polar surface area (TPSA) is 214 Å². The summed E-state index contributed by atoms with van der Waals surface area (Å²) in [6.07, 6.45) is 0.996. The van der Waals surface area contributed by atoms with Crippen LogP contribution < -0.4 is 0 Å². The highest BCUT2D eigenvalue weighted by molar-refractivity contribution is 5.84. The highest BCUT2D eigenvalue weighted by Crippen LogP contribution is 2.17. The van der Waals surface area contributed by atoms with Crippen LogP contribution in [0.3, 0.4) is 0 Å². The number of rotatable bonds is 45. The Morgan fingerprint density at radius 3 is 0.933 bits per heavy atom. The van der Waals surface area contributed by atoms with E-state index in [1.165, 1.54) is 0 Å². The highest BCUT2D eigenvalue weighted by atomic mass is 16.6. The van der Waals surface area contributed by atoms with Crippen LogP contribution in [0.5, 0.6) is 0 Å². The Bertz CT molecular complexity index is 1030. The molecular formula is C41H78N4O15. The van der Waals surface area contributed by atoms with Crippen molar-refractivity contribution in [2.24, 2.45) is 15.9 Å². The molecule has 0 rings (SSSR count). The van der Waals surface area contributed by atoms with E-state index in [1.54, 1.807) is 4.90 Å². The number of amides is 1. The predicted molar refractivity (Wildman–Crippen MR) is 223 cm³/mol. The van der Waals surface area contributed by atoms with Gasteiger partial charge in [0.2, 0.25) is 5.91 Å². The third-order valence-electron chi connectivity index (χ3n) is 8.19. The second-order valence-electron chi connectivity index (χ2n) is 15.3. The Morgan fingerprint density at radius 2 is 0.650 bits per heavy atom. The molecule has 19 nitrogen and oxygen atoms in total. The lowest BCUT2D eigenvalue weighted by atomic mass is 9.89. The molecule has 60 heavy (non-hydrogen) atoms. The molecule has 0 aromatic rings. The Kier molecular flexibility index (Phi) is 39.1. The van der Waals surface area contributed by atoms with Gasteiger partial charge in [-0.1, -0.05) is 46.7 Å². The molecule has 1 amide bonds. The zero-order valence-corrected chi connectivity index (χ0v) is 37.6. The molecule has 0 atom stereocenters. The molecule has 0 heterocycles. The standard InChI is InChI=1S/C41H78N4O15/c1-40(2,3)37(46)7-13-49-19-25-55-32-35-59-29-23-53-17-11-45(39(48)9-15-51-21-27-57-31-34-58-28-22-52-16-10-43-44-42)12-18-54-24-30-60-36-33-56-26-20-50-14-8-38(47)41(4,5)6/h7-36H2,1-6H3. The van der Waals surface area contributed by atoms with Gasteiger partial charge in [0.05, 0.1) is 165 Å². The molecule has 0 aromatic heterocycles. The molecule has 0 radical (unpaired) electrons. The first-order chi connectivity index (χ1) is 28.9. The number of carbonyl (C=O) groups is 3. The fraction of sp³-hybridized carbons (Fsp3) is 0.927. The van der Waals surface area contributed by atoms with Crippen LogP contribution in [0, 0.1) is 10.8 Å². The van der Waals surface area contributed by atoms with Gasteiger partial charge in [-0.05, 0) is 5.53 Å². The Balaban J connectivity index is 4.19. The highest BCUT2D eigenvalue weighted by Gasteiger charge is 2.21. The molecular weight excluding hydrogens is 788 g/mol. The van der Waals surface area contributed by atoms with Crippen molar-refractivity contribution < 1.29 is 71.2 Å². The fourth-order valence-corrected chi connectivity index (χ4v) is 4.54. The third kappa shape index (κ3) is 39.8. The quantitative estimate of drug-likeness (QED) is 0.0369. The summed E-state index contributed by atoms with van der Waals surface area (Å²) in [5.74, 6) is 0.276. The minimum atomic E-state index is -0.351. The molecule has 0 aromatic carbocycles. The van der Waals surface area contributed by atoms with Gasteiger partial charge in [0.15, 0.2) is 0 Å². The van der Waals surface area contributed by atoms with Crippen LogP contribution in [0.2, 0.25) is 0 Å². The molecule has 0 spiro atoms. The maximum atomic E-state index is 13.0. The van der Waals surface area contributed by atoms with Gasteiger partial charge in [-0.2, -0.15) is 0 Å². The van der Waals surface area contributed by atoms with Gasteiger partial charge in [-0.15, -0.1) is 0 Å². The van der Waals surface area contributed by atoms with Crippen molar-refractivity contribution in [3.05, 3.63) is 10.4 Å². The minimum Gasteiger partial charge on any atom is -0.379 e. The molecule has 0 saturated heterocycles. The Morgan fingerprint density at radius 1 is 0.400 bits per heavy atom. The van der Waals surface area contributed by atoms with Crippen molar-refractivity contribution in [3.63, 3.8) is 0 Å². The van der Waals surface area contributed by atoms with Crippen LogP contribution in [-0.2, 0) is 71.2 Å². The third-order valence-corrected chi connectivity index (χ3v) is 8.19. The molecule has 0 aliphatic carbocycles. The zero-order chi connectivity index (χ0) is 44.4. The number of Topliss-reactive ketones (excluding diaryl/α,β-unsaturated/α-hetero) is 2. The first-order valence-electron chi connectivity index (χ1n) is 21.2. The molecule has 0 aliphatic rings. The largest absolute Gasteiger partial charge is 0.379 e. The molecule has 0 fully saturated rings. The molecule has 0 unspecified atom stereocenters. The van der Waals surface area contributed by atoms with Crippen molar-refractivity contribution in [1.82, 2.24) is 4.90 Å². The van der Waals surface area contributed by atoms with Gasteiger partial charge in [0.25, 0.3) is 0 Å². The van der Waals surface area contributed by atoms with Crippen LogP contribution in [0.1, 0.15) is 60.8 Å². The Labute approximate surface area is 358 Å². The number of carbonyl (C=O) groups excluding carboxylic acids is 3. The number of azide groups is 1. The number of hydrogen-bond acceptors (Lipinski definition) is 16. The smallest absolute Gasteiger partial charge is 0.225 e. The molecule has 19 heteroatoms. The lowest BCUT2D eigenvalue weighted by molar-refractivity contribution is -0.134.